The van der Waals surface area contributed by atoms with Gasteiger partial charge in [0.25, 0.3) is 0 Å². The summed E-state index contributed by atoms with van der Waals surface area (Å²) < 4.78 is 0. The zero-order valence-corrected chi connectivity index (χ0v) is 12.8. The van der Waals surface area contributed by atoms with Gasteiger partial charge in [-0.15, -0.1) is 0 Å². The van der Waals surface area contributed by atoms with Crippen molar-refractivity contribution in [1.29, 1.82) is 0 Å². The van der Waals surface area contributed by atoms with E-state index in [1.54, 1.807) is 24.3 Å². The van der Waals surface area contributed by atoms with Crippen LogP contribution in [0, 0.1) is 0 Å². The average molecular weight is 312 g/mol. The fourth-order valence-electron chi connectivity index (χ4n) is 2.23. The topological polar surface area (TPSA) is 81.4 Å². The van der Waals surface area contributed by atoms with E-state index in [0.29, 0.717) is 17.5 Å². The first-order chi connectivity index (χ1) is 11.2. The molecule has 0 aliphatic heterocycles. The number of nitrogens with one attached hydrogen (secondary N) is 1. The number of primary amides is 1. The van der Waals surface area contributed by atoms with E-state index >= 15 is 0 Å². The lowest BCUT2D eigenvalue weighted by Crippen LogP contribution is -2.24. The van der Waals surface area contributed by atoms with Crippen molar-refractivity contribution in [3.8, 4) is 0 Å². The molecule has 2 aromatic carbocycles. The molecule has 2 amide bonds. The highest BCUT2D eigenvalue weighted by Crippen LogP contribution is 2.09. The molecule has 3 N–H and O–H groups in total. The Labute approximate surface area is 135 Å². The van der Waals surface area contributed by atoms with Gasteiger partial charge in [0.05, 0.1) is 0 Å². The van der Waals surface area contributed by atoms with E-state index in [4.69, 9.17) is 10.6 Å². The van der Waals surface area contributed by atoms with Crippen molar-refractivity contribution in [3.05, 3.63) is 71.3 Å². The molecular weight excluding hydrogens is 292 g/mol. The van der Waals surface area contributed by atoms with Crippen LogP contribution in [0.5, 0.6) is 0 Å². The monoisotopic (exact) mass is 312 g/mol. The van der Waals surface area contributed by atoms with Gasteiger partial charge in [0.2, 0.25) is 11.8 Å². The van der Waals surface area contributed by atoms with Crippen molar-refractivity contribution >= 4 is 11.8 Å². The van der Waals surface area contributed by atoms with E-state index in [1.165, 1.54) is 5.56 Å². The first-order valence-electron chi connectivity index (χ1n) is 7.49. The van der Waals surface area contributed by atoms with Crippen LogP contribution in [0.15, 0.2) is 54.6 Å². The molecule has 0 aromatic heterocycles. The largest absolute Gasteiger partial charge is 0.366 e. The SMILES string of the molecule is NC(=O)c1ccccc1CONC(=O)CCCc1ccccc1. The summed E-state index contributed by atoms with van der Waals surface area (Å²) in [6.45, 7) is 0.101. The van der Waals surface area contributed by atoms with Crippen LogP contribution in [0.2, 0.25) is 0 Å². The molecule has 2 rings (SSSR count). The fraction of sp³-hybridized carbons (Fsp3) is 0.222. The lowest BCUT2D eigenvalue weighted by atomic mass is 10.1. The maximum absolute atomic E-state index is 11.7. The van der Waals surface area contributed by atoms with Crippen molar-refractivity contribution < 1.29 is 14.4 Å². The summed E-state index contributed by atoms with van der Waals surface area (Å²) in [5.74, 6) is -0.698. The molecule has 0 aliphatic rings. The van der Waals surface area contributed by atoms with Crippen molar-refractivity contribution in [2.24, 2.45) is 5.73 Å². The Hall–Kier alpha value is -2.66. The van der Waals surface area contributed by atoms with Gasteiger partial charge in [0, 0.05) is 12.0 Å². The number of hydrogen-bond acceptors (Lipinski definition) is 3. The highest BCUT2D eigenvalue weighted by molar-refractivity contribution is 5.94. The predicted molar refractivity (Wildman–Crippen MR) is 87.3 cm³/mol. The summed E-state index contributed by atoms with van der Waals surface area (Å²) in [5, 5.41) is 0. The maximum atomic E-state index is 11.7. The molecule has 0 heterocycles. The quantitative estimate of drug-likeness (QED) is 0.734. The Morgan fingerprint density at radius 3 is 2.43 bits per heavy atom. The van der Waals surface area contributed by atoms with Gasteiger partial charge in [-0.3, -0.25) is 14.4 Å². The summed E-state index contributed by atoms with van der Waals surface area (Å²) in [6, 6.07) is 16.9. The zero-order valence-electron chi connectivity index (χ0n) is 12.8. The van der Waals surface area contributed by atoms with Gasteiger partial charge in [-0.1, -0.05) is 48.5 Å². The molecule has 120 valence electrons. The molecule has 0 saturated heterocycles. The molecule has 5 nitrogen and oxygen atoms in total. The third-order valence-electron chi connectivity index (χ3n) is 3.41. The number of hydroxylamine groups is 1. The highest BCUT2D eigenvalue weighted by atomic mass is 16.6. The second kappa shape index (κ2) is 8.70. The lowest BCUT2D eigenvalue weighted by molar-refractivity contribution is -0.134. The van der Waals surface area contributed by atoms with Crippen LogP contribution in [-0.4, -0.2) is 11.8 Å². The molecule has 0 bridgehead atoms. The third-order valence-corrected chi connectivity index (χ3v) is 3.41. The lowest BCUT2D eigenvalue weighted by Gasteiger charge is -2.08. The zero-order chi connectivity index (χ0) is 16.5. The number of rotatable bonds is 8. The van der Waals surface area contributed by atoms with Gasteiger partial charge in [0.15, 0.2) is 0 Å². The average Bonchev–Trinajstić information content (AvgIpc) is 2.56. The summed E-state index contributed by atoms with van der Waals surface area (Å²) in [7, 11) is 0. The Morgan fingerprint density at radius 2 is 1.70 bits per heavy atom. The van der Waals surface area contributed by atoms with Crippen LogP contribution >= 0.6 is 0 Å². The first-order valence-corrected chi connectivity index (χ1v) is 7.49. The van der Waals surface area contributed by atoms with E-state index in [0.717, 1.165) is 12.8 Å². The molecule has 0 unspecified atom stereocenters. The molecule has 0 atom stereocenters. The molecule has 23 heavy (non-hydrogen) atoms. The molecule has 5 heteroatoms. The van der Waals surface area contributed by atoms with Crippen LogP contribution in [0.25, 0.3) is 0 Å². The van der Waals surface area contributed by atoms with Gasteiger partial charge < -0.3 is 5.73 Å². The summed E-state index contributed by atoms with van der Waals surface area (Å²) >= 11 is 0. The summed E-state index contributed by atoms with van der Waals surface area (Å²) in [4.78, 5) is 28.2. The van der Waals surface area contributed by atoms with Crippen LogP contribution in [0.1, 0.15) is 34.3 Å². The Kier molecular flexibility index (Phi) is 6.32. The van der Waals surface area contributed by atoms with Gasteiger partial charge in [-0.2, -0.15) is 0 Å². The molecule has 0 aliphatic carbocycles. The van der Waals surface area contributed by atoms with Crippen LogP contribution in [0.4, 0.5) is 0 Å². The van der Waals surface area contributed by atoms with E-state index in [2.05, 4.69) is 5.48 Å². The molecule has 2 aromatic rings. The van der Waals surface area contributed by atoms with Crippen LogP contribution in [-0.2, 0) is 22.7 Å². The number of carbonyl (C=O) groups is 2. The van der Waals surface area contributed by atoms with E-state index < -0.39 is 5.91 Å². The van der Waals surface area contributed by atoms with Crippen molar-refractivity contribution in [1.82, 2.24) is 5.48 Å². The van der Waals surface area contributed by atoms with Gasteiger partial charge in [-0.25, -0.2) is 5.48 Å². The van der Waals surface area contributed by atoms with Gasteiger partial charge >= 0.3 is 0 Å². The standard InChI is InChI=1S/C18H20N2O3/c19-18(22)16-11-5-4-10-15(16)13-23-20-17(21)12-6-9-14-7-2-1-3-8-14/h1-5,7-8,10-11H,6,9,12-13H2,(H2,19,22)(H,20,21). The minimum atomic E-state index is -0.515. The Bertz CT molecular complexity index is 656. The molecule has 0 fully saturated rings. The second-order valence-electron chi connectivity index (χ2n) is 5.17. The number of hydrogen-bond donors (Lipinski definition) is 2. The van der Waals surface area contributed by atoms with E-state index in [1.807, 2.05) is 30.3 Å². The Balaban J connectivity index is 1.70. The summed E-state index contributed by atoms with van der Waals surface area (Å²) in [6.07, 6.45) is 1.97. The minimum absolute atomic E-state index is 0.101. The van der Waals surface area contributed by atoms with Crippen molar-refractivity contribution in [3.63, 3.8) is 0 Å². The Morgan fingerprint density at radius 1 is 1.00 bits per heavy atom. The number of carbonyl (C=O) groups excluding carboxylic acids is 2. The van der Waals surface area contributed by atoms with Crippen LogP contribution < -0.4 is 11.2 Å². The number of benzene rings is 2. The maximum Gasteiger partial charge on any atom is 0.249 e. The molecule has 0 radical (unpaired) electrons. The molecule has 0 spiro atoms. The highest BCUT2D eigenvalue weighted by Gasteiger charge is 2.08. The molecular formula is C18H20N2O3. The number of aryl methyl sites for hydroxylation is 1. The van der Waals surface area contributed by atoms with Crippen molar-refractivity contribution in [2.45, 2.75) is 25.9 Å². The predicted octanol–water partition coefficient (Wildman–Crippen LogP) is 2.36. The smallest absolute Gasteiger partial charge is 0.249 e. The second-order valence-corrected chi connectivity index (χ2v) is 5.17. The first kappa shape index (κ1) is 16.7. The van der Waals surface area contributed by atoms with Crippen LogP contribution in [0.3, 0.4) is 0 Å². The number of nitrogens with two attached hydrogens (primary N) is 1. The normalized spacial score (nSPS) is 10.3. The number of amides is 2. The minimum Gasteiger partial charge on any atom is -0.366 e. The van der Waals surface area contributed by atoms with Gasteiger partial charge in [-0.05, 0) is 30.0 Å². The fourth-order valence-corrected chi connectivity index (χ4v) is 2.23. The molecule has 0 saturated carbocycles. The summed E-state index contributed by atoms with van der Waals surface area (Å²) in [5.41, 5.74) is 9.92. The van der Waals surface area contributed by atoms with Crippen molar-refractivity contribution in [2.75, 3.05) is 0 Å². The van der Waals surface area contributed by atoms with E-state index in [9.17, 15) is 9.59 Å². The third kappa shape index (κ3) is 5.56. The van der Waals surface area contributed by atoms with Gasteiger partial charge in [0.1, 0.15) is 6.61 Å². The van der Waals surface area contributed by atoms with E-state index in [-0.39, 0.29) is 12.5 Å².